The van der Waals surface area contributed by atoms with Crippen molar-refractivity contribution in [2.24, 2.45) is 5.92 Å². The van der Waals surface area contributed by atoms with E-state index in [9.17, 15) is 13.2 Å². The highest BCUT2D eigenvalue weighted by molar-refractivity contribution is 5.85. The molecular formula is C35H27F7O. The summed E-state index contributed by atoms with van der Waals surface area (Å²) in [5, 5.41) is 0. The zero-order valence-electron chi connectivity index (χ0n) is 23.4. The zero-order valence-corrected chi connectivity index (χ0v) is 23.4. The van der Waals surface area contributed by atoms with Crippen molar-refractivity contribution in [2.75, 3.05) is 6.61 Å². The van der Waals surface area contributed by atoms with Crippen LogP contribution in [0.5, 0.6) is 0 Å². The highest BCUT2D eigenvalue weighted by Gasteiger charge is 2.24. The number of hydrogen-bond acceptors (Lipinski definition) is 1. The van der Waals surface area contributed by atoms with Gasteiger partial charge in [0.15, 0.2) is 23.3 Å². The van der Waals surface area contributed by atoms with Crippen molar-refractivity contribution in [1.82, 2.24) is 0 Å². The van der Waals surface area contributed by atoms with Crippen LogP contribution in [0.3, 0.4) is 0 Å². The number of rotatable bonds is 6. The lowest BCUT2D eigenvalue weighted by Gasteiger charge is -2.27. The Bertz CT molecular complexity index is 1710. The van der Waals surface area contributed by atoms with E-state index in [1.807, 2.05) is 0 Å². The average Bonchev–Trinajstić information content (AvgIpc) is 2.98. The molecule has 1 heterocycles. The first-order valence-electron chi connectivity index (χ1n) is 13.7. The molecule has 0 N–H and O–H groups in total. The first-order chi connectivity index (χ1) is 20.4. The van der Waals surface area contributed by atoms with E-state index in [1.54, 1.807) is 24.3 Å². The fourth-order valence-electron chi connectivity index (χ4n) is 5.16. The Morgan fingerprint density at radius 3 is 1.95 bits per heavy atom. The van der Waals surface area contributed by atoms with E-state index in [-0.39, 0.29) is 33.9 Å². The second kappa shape index (κ2) is 12.2. The van der Waals surface area contributed by atoms with Gasteiger partial charge in [-0.25, -0.2) is 30.7 Å². The Hall–Kier alpha value is -4.17. The van der Waals surface area contributed by atoms with Crippen molar-refractivity contribution in [3.05, 3.63) is 125 Å². The van der Waals surface area contributed by atoms with Crippen molar-refractivity contribution < 1.29 is 35.5 Å². The van der Waals surface area contributed by atoms with Gasteiger partial charge in [-0.2, -0.15) is 0 Å². The third-order valence-corrected chi connectivity index (χ3v) is 7.60. The molecule has 2 unspecified atom stereocenters. The Labute approximate surface area is 245 Å². The monoisotopic (exact) mass is 596 g/mol. The minimum Gasteiger partial charge on any atom is -0.373 e. The van der Waals surface area contributed by atoms with Gasteiger partial charge >= 0.3 is 0 Å². The average molecular weight is 597 g/mol. The summed E-state index contributed by atoms with van der Waals surface area (Å²) >= 11 is 0. The molecule has 0 spiro atoms. The number of allylic oxidation sites excluding steroid dienone is 1. The molecule has 43 heavy (non-hydrogen) atoms. The Kier molecular flexibility index (Phi) is 8.60. The van der Waals surface area contributed by atoms with Crippen LogP contribution in [0.25, 0.3) is 39.5 Å². The van der Waals surface area contributed by atoms with Crippen molar-refractivity contribution in [1.29, 1.82) is 0 Å². The van der Waals surface area contributed by atoms with Crippen LogP contribution in [0.2, 0.25) is 0 Å². The van der Waals surface area contributed by atoms with Crippen molar-refractivity contribution >= 4 is 17.2 Å². The predicted octanol–water partition coefficient (Wildman–Crippen LogP) is 11.0. The summed E-state index contributed by atoms with van der Waals surface area (Å²) in [5.74, 6) is -9.24. The summed E-state index contributed by atoms with van der Waals surface area (Å²) in [6, 6.07) is 13.3. The van der Waals surface area contributed by atoms with Gasteiger partial charge in [0.25, 0.3) is 0 Å². The molecular weight excluding hydrogens is 569 g/mol. The third-order valence-electron chi connectivity index (χ3n) is 7.60. The molecule has 0 aromatic heterocycles. The standard InChI is InChI=1S/C35H27F7O/c1-18(2)26-12-24(16-30(39)34(26)41)25-10-9-22(13-27(25)36)33(40)35(42)32-28(37)14-23(15-29(32)38)20-5-7-21(8-6-20)31-11-4-19(3)17-43-31/h5-10,12-16,19,31H,1,4,11,17H2,2-3H3/b35-33+. The lowest BCUT2D eigenvalue weighted by atomic mass is 9.94. The second-order valence-corrected chi connectivity index (χ2v) is 10.9. The molecule has 1 aliphatic heterocycles. The van der Waals surface area contributed by atoms with Crippen LogP contribution in [-0.2, 0) is 4.74 Å². The van der Waals surface area contributed by atoms with E-state index in [0.29, 0.717) is 24.2 Å². The molecule has 1 saturated heterocycles. The SMILES string of the molecule is C=C(C)c1cc(-c2ccc(/C(F)=C(\F)c3c(F)cc(-c4ccc(C5CCC(C)CO5)cc4)cc3F)cc2F)cc(F)c1F. The molecule has 0 aliphatic carbocycles. The Morgan fingerprint density at radius 2 is 1.37 bits per heavy atom. The van der Waals surface area contributed by atoms with Crippen LogP contribution in [0.1, 0.15) is 55.0 Å². The van der Waals surface area contributed by atoms with E-state index in [1.165, 1.54) is 13.0 Å². The molecule has 1 aliphatic rings. The molecule has 0 bridgehead atoms. The van der Waals surface area contributed by atoms with Crippen LogP contribution in [0.15, 0.2) is 73.3 Å². The van der Waals surface area contributed by atoms with Gasteiger partial charge in [-0.1, -0.05) is 49.9 Å². The van der Waals surface area contributed by atoms with Crippen molar-refractivity contribution in [3.63, 3.8) is 0 Å². The highest BCUT2D eigenvalue weighted by atomic mass is 19.2. The molecule has 1 fully saturated rings. The van der Waals surface area contributed by atoms with Crippen molar-refractivity contribution in [3.8, 4) is 22.3 Å². The van der Waals surface area contributed by atoms with Gasteiger partial charge in [-0.3, -0.25) is 0 Å². The molecule has 0 saturated carbocycles. The minimum absolute atomic E-state index is 0.0621. The summed E-state index contributed by atoms with van der Waals surface area (Å²) < 4.78 is 109. The largest absolute Gasteiger partial charge is 0.373 e. The normalized spacial score (nSPS) is 17.5. The first kappa shape index (κ1) is 30.3. The highest BCUT2D eigenvalue weighted by Crippen LogP contribution is 2.37. The number of ether oxygens (including phenoxy) is 1. The minimum atomic E-state index is -1.86. The number of benzene rings is 4. The smallest absolute Gasteiger partial charge is 0.172 e. The lowest BCUT2D eigenvalue weighted by Crippen LogP contribution is -2.18. The van der Waals surface area contributed by atoms with Crippen molar-refractivity contribution in [2.45, 2.75) is 32.8 Å². The van der Waals surface area contributed by atoms with E-state index in [2.05, 4.69) is 13.5 Å². The molecule has 4 aromatic rings. The molecule has 222 valence electrons. The van der Waals surface area contributed by atoms with Crippen LogP contribution in [0.4, 0.5) is 30.7 Å². The van der Waals surface area contributed by atoms with Gasteiger partial charge in [-0.05, 0) is 83.8 Å². The maximum Gasteiger partial charge on any atom is 0.172 e. The molecule has 0 amide bonds. The van der Waals surface area contributed by atoms with Crippen LogP contribution < -0.4 is 0 Å². The molecule has 1 nitrogen and oxygen atoms in total. The summed E-state index contributed by atoms with van der Waals surface area (Å²) in [4.78, 5) is 0. The van der Waals surface area contributed by atoms with Crippen LogP contribution in [-0.4, -0.2) is 6.61 Å². The van der Waals surface area contributed by atoms with Gasteiger partial charge in [0.2, 0.25) is 0 Å². The number of hydrogen-bond donors (Lipinski definition) is 0. The molecule has 8 heteroatoms. The predicted molar refractivity (Wildman–Crippen MR) is 154 cm³/mol. The fourth-order valence-corrected chi connectivity index (χ4v) is 5.16. The van der Waals surface area contributed by atoms with Gasteiger partial charge in [0, 0.05) is 23.3 Å². The quantitative estimate of drug-likeness (QED) is 0.159. The first-order valence-corrected chi connectivity index (χ1v) is 13.7. The second-order valence-electron chi connectivity index (χ2n) is 10.9. The lowest BCUT2D eigenvalue weighted by molar-refractivity contribution is -0.0123. The Balaban J connectivity index is 1.42. The topological polar surface area (TPSA) is 9.23 Å². The molecule has 0 radical (unpaired) electrons. The summed E-state index contributed by atoms with van der Waals surface area (Å²) in [7, 11) is 0. The summed E-state index contributed by atoms with van der Waals surface area (Å²) in [6.07, 6.45) is 1.83. The van der Waals surface area contributed by atoms with Gasteiger partial charge in [-0.15, -0.1) is 0 Å². The van der Waals surface area contributed by atoms with Crippen LogP contribution >= 0.6 is 0 Å². The molecule has 2 atom stereocenters. The van der Waals surface area contributed by atoms with E-state index >= 15 is 17.6 Å². The summed E-state index contributed by atoms with van der Waals surface area (Å²) in [5.41, 5.74) is -0.625. The molecule has 5 rings (SSSR count). The van der Waals surface area contributed by atoms with E-state index < -0.39 is 51.9 Å². The maximum atomic E-state index is 15.1. The third kappa shape index (κ3) is 6.15. The molecule has 4 aromatic carbocycles. The fraction of sp³-hybridized carbons (Fsp3) is 0.200. The van der Waals surface area contributed by atoms with Gasteiger partial charge in [0.05, 0.1) is 11.7 Å². The van der Waals surface area contributed by atoms with Crippen LogP contribution in [0, 0.1) is 35.0 Å². The maximum absolute atomic E-state index is 15.1. The zero-order chi connectivity index (χ0) is 31.0. The number of halogens is 7. The summed E-state index contributed by atoms with van der Waals surface area (Å²) in [6.45, 7) is 7.78. The van der Waals surface area contributed by atoms with Gasteiger partial charge in [0.1, 0.15) is 17.5 Å². The van der Waals surface area contributed by atoms with Gasteiger partial charge < -0.3 is 4.74 Å². The van der Waals surface area contributed by atoms with E-state index in [0.717, 1.165) is 48.7 Å². The Morgan fingerprint density at radius 1 is 0.721 bits per heavy atom. The van der Waals surface area contributed by atoms with E-state index in [4.69, 9.17) is 4.74 Å².